The van der Waals surface area contributed by atoms with Gasteiger partial charge in [0.25, 0.3) is 11.6 Å². The van der Waals surface area contributed by atoms with Crippen LogP contribution >= 0.6 is 0 Å². The highest BCUT2D eigenvalue weighted by Gasteiger charge is 2.13. The lowest BCUT2D eigenvalue weighted by atomic mass is 10.3. The smallest absolute Gasteiger partial charge is 0.273 e. The molecule has 8 heteroatoms. The molecule has 0 aliphatic rings. The first-order valence-corrected chi connectivity index (χ1v) is 6.49. The Labute approximate surface area is 126 Å². The number of carbonyl (C=O) groups excluding carboxylic acids is 1. The molecule has 0 radical (unpaired) electrons. The highest BCUT2D eigenvalue weighted by atomic mass is 16.6. The maximum absolute atomic E-state index is 12.0. The predicted molar refractivity (Wildman–Crippen MR) is 76.3 cm³/mol. The van der Waals surface area contributed by atoms with E-state index in [1.54, 1.807) is 26.1 Å². The molecule has 0 unspecified atom stereocenters. The minimum atomic E-state index is -0.520. The molecule has 116 valence electrons. The Morgan fingerprint density at radius 1 is 1.45 bits per heavy atom. The lowest BCUT2D eigenvalue weighted by Crippen LogP contribution is -2.31. The van der Waals surface area contributed by atoms with Crippen molar-refractivity contribution in [1.29, 1.82) is 0 Å². The average Bonchev–Trinajstić information content (AvgIpc) is 2.90. The van der Waals surface area contributed by atoms with Crippen LogP contribution in [0.1, 0.15) is 11.5 Å². The summed E-state index contributed by atoms with van der Waals surface area (Å²) in [5.41, 5.74) is 0.556. The zero-order chi connectivity index (χ0) is 16.1. The van der Waals surface area contributed by atoms with Crippen molar-refractivity contribution >= 4 is 11.6 Å². The lowest BCUT2D eigenvalue weighted by molar-refractivity contribution is -0.384. The maximum atomic E-state index is 12.0. The molecule has 0 fully saturated rings. The van der Waals surface area contributed by atoms with E-state index < -0.39 is 4.92 Å². The molecule has 0 atom stereocenters. The van der Waals surface area contributed by atoms with Crippen LogP contribution in [0.15, 0.2) is 34.9 Å². The number of ether oxygens (including phenoxy) is 1. The number of hydrogen-bond acceptors (Lipinski definition) is 6. The highest BCUT2D eigenvalue weighted by Crippen LogP contribution is 2.19. The van der Waals surface area contributed by atoms with E-state index >= 15 is 0 Å². The number of aryl methyl sites for hydroxylation is 1. The largest absolute Gasteiger partial charge is 0.484 e. The summed E-state index contributed by atoms with van der Waals surface area (Å²) < 4.78 is 10.2. The van der Waals surface area contributed by atoms with Gasteiger partial charge < -0.3 is 14.2 Å². The fourth-order valence-corrected chi connectivity index (χ4v) is 1.77. The van der Waals surface area contributed by atoms with Gasteiger partial charge in [-0.2, -0.15) is 0 Å². The van der Waals surface area contributed by atoms with Gasteiger partial charge in [0.15, 0.2) is 6.61 Å². The molecule has 22 heavy (non-hydrogen) atoms. The molecule has 1 amide bonds. The van der Waals surface area contributed by atoms with Gasteiger partial charge in [-0.15, -0.1) is 0 Å². The van der Waals surface area contributed by atoms with Crippen molar-refractivity contribution in [2.45, 2.75) is 13.5 Å². The molecule has 0 saturated heterocycles. The van der Waals surface area contributed by atoms with E-state index in [0.29, 0.717) is 18.0 Å². The number of nitro groups is 1. The molecule has 0 bridgehead atoms. The Kier molecular flexibility index (Phi) is 4.72. The molecule has 0 N–H and O–H groups in total. The summed E-state index contributed by atoms with van der Waals surface area (Å²) in [5.74, 6) is 0.670. The SMILES string of the molecule is Cc1cc(CN(C)C(=O)COc2cccc([N+](=O)[O-])c2)no1. The second kappa shape index (κ2) is 6.70. The van der Waals surface area contributed by atoms with E-state index in [1.807, 2.05) is 0 Å². The summed E-state index contributed by atoms with van der Waals surface area (Å²) in [4.78, 5) is 23.5. The van der Waals surface area contributed by atoms with E-state index in [9.17, 15) is 14.9 Å². The highest BCUT2D eigenvalue weighted by molar-refractivity contribution is 5.77. The first kappa shape index (κ1) is 15.5. The van der Waals surface area contributed by atoms with Gasteiger partial charge in [-0.05, 0) is 13.0 Å². The van der Waals surface area contributed by atoms with Crippen molar-refractivity contribution in [2.24, 2.45) is 0 Å². The van der Waals surface area contributed by atoms with E-state index in [0.717, 1.165) is 0 Å². The van der Waals surface area contributed by atoms with Crippen LogP contribution in [0, 0.1) is 17.0 Å². The summed E-state index contributed by atoms with van der Waals surface area (Å²) >= 11 is 0. The number of rotatable bonds is 6. The zero-order valence-electron chi connectivity index (χ0n) is 12.2. The summed E-state index contributed by atoms with van der Waals surface area (Å²) in [5, 5.41) is 14.5. The molecule has 8 nitrogen and oxygen atoms in total. The van der Waals surface area contributed by atoms with Crippen molar-refractivity contribution in [1.82, 2.24) is 10.1 Å². The first-order chi connectivity index (χ1) is 10.5. The molecule has 0 aliphatic heterocycles. The van der Waals surface area contributed by atoms with Gasteiger partial charge in [0.05, 0.1) is 17.5 Å². The second-order valence-electron chi connectivity index (χ2n) is 4.72. The number of aromatic nitrogens is 1. The van der Waals surface area contributed by atoms with E-state index in [4.69, 9.17) is 9.26 Å². The fourth-order valence-electron chi connectivity index (χ4n) is 1.77. The molecule has 2 rings (SSSR count). The Hall–Kier alpha value is -2.90. The van der Waals surface area contributed by atoms with E-state index in [-0.39, 0.29) is 24.0 Å². The third-order valence-electron chi connectivity index (χ3n) is 2.89. The summed E-state index contributed by atoms with van der Waals surface area (Å²) in [6, 6.07) is 7.42. The van der Waals surface area contributed by atoms with Crippen molar-refractivity contribution in [3.8, 4) is 5.75 Å². The summed E-state index contributed by atoms with van der Waals surface area (Å²) in [7, 11) is 1.61. The van der Waals surface area contributed by atoms with Crippen LogP contribution in [0.4, 0.5) is 5.69 Å². The molecule has 0 aliphatic carbocycles. The fraction of sp³-hybridized carbons (Fsp3) is 0.286. The van der Waals surface area contributed by atoms with Crippen LogP contribution in [0.2, 0.25) is 0 Å². The van der Waals surface area contributed by atoms with Gasteiger partial charge >= 0.3 is 0 Å². The van der Waals surface area contributed by atoms with Crippen LogP contribution in [0.3, 0.4) is 0 Å². The topological polar surface area (TPSA) is 98.7 Å². The van der Waals surface area contributed by atoms with Crippen LogP contribution in [0.25, 0.3) is 0 Å². The minimum absolute atomic E-state index is 0.0867. The number of nitrogens with zero attached hydrogens (tertiary/aromatic N) is 3. The van der Waals surface area contributed by atoms with Crippen LogP contribution < -0.4 is 4.74 Å². The molecule has 2 aromatic rings. The summed E-state index contributed by atoms with van der Waals surface area (Å²) in [6.45, 7) is 1.85. The number of carbonyl (C=O) groups is 1. The first-order valence-electron chi connectivity index (χ1n) is 6.49. The van der Waals surface area contributed by atoms with Gasteiger partial charge in [-0.1, -0.05) is 11.2 Å². The van der Waals surface area contributed by atoms with E-state index in [2.05, 4.69) is 5.16 Å². The lowest BCUT2D eigenvalue weighted by Gasteiger charge is -2.15. The van der Waals surface area contributed by atoms with Crippen LogP contribution in [-0.2, 0) is 11.3 Å². The number of nitro benzene ring substituents is 1. The monoisotopic (exact) mass is 305 g/mol. The van der Waals surface area contributed by atoms with Gasteiger partial charge in [-0.25, -0.2) is 0 Å². The van der Waals surface area contributed by atoms with Gasteiger partial charge in [0.2, 0.25) is 0 Å². The Balaban J connectivity index is 1.89. The molecule has 1 aromatic carbocycles. The van der Waals surface area contributed by atoms with Crippen molar-refractivity contribution in [2.75, 3.05) is 13.7 Å². The number of hydrogen-bond donors (Lipinski definition) is 0. The van der Waals surface area contributed by atoms with Gasteiger partial charge in [0.1, 0.15) is 17.2 Å². The number of amides is 1. The second-order valence-corrected chi connectivity index (χ2v) is 4.72. The molecular weight excluding hydrogens is 290 g/mol. The molecule has 0 saturated carbocycles. The van der Waals surface area contributed by atoms with Gasteiger partial charge in [0, 0.05) is 19.2 Å². The molecular formula is C14H15N3O5. The quantitative estimate of drug-likeness (QED) is 0.597. The normalized spacial score (nSPS) is 10.3. The molecule has 1 heterocycles. The average molecular weight is 305 g/mol. The van der Waals surface area contributed by atoms with Crippen LogP contribution in [-0.4, -0.2) is 34.5 Å². The standard InChI is InChI=1S/C14H15N3O5/c1-10-6-11(15-22-10)8-16(2)14(18)9-21-13-5-3-4-12(7-13)17(19)20/h3-7H,8-9H2,1-2H3. The summed E-state index contributed by atoms with van der Waals surface area (Å²) in [6.07, 6.45) is 0. The van der Waals surface area contributed by atoms with Crippen molar-refractivity contribution in [3.63, 3.8) is 0 Å². The predicted octanol–water partition coefficient (Wildman–Crippen LogP) is 1.93. The zero-order valence-corrected chi connectivity index (χ0v) is 12.2. The van der Waals surface area contributed by atoms with Crippen LogP contribution in [0.5, 0.6) is 5.75 Å². The molecule has 1 aromatic heterocycles. The van der Waals surface area contributed by atoms with Crippen molar-refractivity contribution < 1.29 is 19.0 Å². The number of likely N-dealkylation sites (N-methyl/N-ethyl adjacent to an activating group) is 1. The van der Waals surface area contributed by atoms with Crippen molar-refractivity contribution in [3.05, 3.63) is 51.9 Å². The Morgan fingerprint density at radius 2 is 2.23 bits per heavy atom. The third-order valence-corrected chi connectivity index (χ3v) is 2.89. The maximum Gasteiger partial charge on any atom is 0.273 e. The Bertz CT molecular complexity index is 683. The molecule has 0 spiro atoms. The number of benzene rings is 1. The van der Waals surface area contributed by atoms with Gasteiger partial charge in [-0.3, -0.25) is 14.9 Å². The minimum Gasteiger partial charge on any atom is -0.484 e. The Morgan fingerprint density at radius 3 is 2.86 bits per heavy atom. The third kappa shape index (κ3) is 4.05. The van der Waals surface area contributed by atoms with E-state index in [1.165, 1.54) is 23.1 Å². The number of non-ortho nitro benzene ring substituents is 1.